The van der Waals surface area contributed by atoms with E-state index >= 15 is 0 Å². The molecule has 1 fully saturated rings. The smallest absolute Gasteiger partial charge is 0.123 e. The van der Waals surface area contributed by atoms with Gasteiger partial charge in [0.15, 0.2) is 0 Å². The Morgan fingerprint density at radius 3 is 2.39 bits per heavy atom. The fourth-order valence-corrected chi connectivity index (χ4v) is 2.25. The molecule has 1 saturated carbocycles. The number of halogens is 1. The van der Waals surface area contributed by atoms with Gasteiger partial charge in [-0.2, -0.15) is 0 Å². The zero-order valence-corrected chi connectivity index (χ0v) is 11.5. The first-order valence-corrected chi connectivity index (χ1v) is 7.14. The Morgan fingerprint density at radius 2 is 1.83 bits per heavy atom. The van der Waals surface area contributed by atoms with Gasteiger partial charge in [-0.25, -0.2) is 4.39 Å². The molecule has 100 valence electrons. The molecule has 1 atom stereocenters. The minimum absolute atomic E-state index is 0.142. The first kappa shape index (κ1) is 13.5. The number of benzene rings is 1. The van der Waals surface area contributed by atoms with Gasteiger partial charge < -0.3 is 5.32 Å². The van der Waals surface area contributed by atoms with Gasteiger partial charge in [0.05, 0.1) is 0 Å². The molecule has 0 amide bonds. The third-order valence-electron chi connectivity index (χ3n) is 3.66. The summed E-state index contributed by atoms with van der Waals surface area (Å²) >= 11 is 0. The van der Waals surface area contributed by atoms with E-state index in [0.29, 0.717) is 5.92 Å². The maximum absolute atomic E-state index is 13.0. The zero-order valence-electron chi connectivity index (χ0n) is 11.5. The van der Waals surface area contributed by atoms with Crippen molar-refractivity contribution in [3.63, 3.8) is 0 Å². The highest BCUT2D eigenvalue weighted by atomic mass is 19.1. The standard InChI is InChI=1S/C16H24FN/c1-12(2)3-4-14(11-18-16-9-10-16)13-5-7-15(17)8-6-13/h5-8,12,14,16,18H,3-4,9-11H2,1-2H3. The van der Waals surface area contributed by atoms with Crippen LogP contribution in [0.1, 0.15) is 51.0 Å². The van der Waals surface area contributed by atoms with Crippen LogP contribution in [0, 0.1) is 11.7 Å². The van der Waals surface area contributed by atoms with Gasteiger partial charge in [0, 0.05) is 12.6 Å². The summed E-state index contributed by atoms with van der Waals surface area (Å²) in [4.78, 5) is 0. The first-order valence-electron chi connectivity index (χ1n) is 7.14. The van der Waals surface area contributed by atoms with Crippen LogP contribution < -0.4 is 5.32 Å². The van der Waals surface area contributed by atoms with Crippen molar-refractivity contribution in [3.8, 4) is 0 Å². The molecule has 1 aromatic carbocycles. The third-order valence-corrected chi connectivity index (χ3v) is 3.66. The van der Waals surface area contributed by atoms with Crippen molar-refractivity contribution in [3.05, 3.63) is 35.6 Å². The molecule has 18 heavy (non-hydrogen) atoms. The summed E-state index contributed by atoms with van der Waals surface area (Å²) in [6, 6.07) is 7.78. The number of hydrogen-bond donors (Lipinski definition) is 1. The van der Waals surface area contributed by atoms with E-state index in [-0.39, 0.29) is 5.82 Å². The molecule has 2 rings (SSSR count). The Labute approximate surface area is 110 Å². The third kappa shape index (κ3) is 4.41. The molecule has 0 radical (unpaired) electrons. The predicted molar refractivity (Wildman–Crippen MR) is 74.2 cm³/mol. The van der Waals surface area contributed by atoms with Crippen LogP contribution in [0.2, 0.25) is 0 Å². The first-order chi connectivity index (χ1) is 8.65. The maximum Gasteiger partial charge on any atom is 0.123 e. The van der Waals surface area contributed by atoms with Gasteiger partial charge in [-0.1, -0.05) is 32.4 Å². The van der Waals surface area contributed by atoms with Gasteiger partial charge in [-0.3, -0.25) is 0 Å². The van der Waals surface area contributed by atoms with Crippen LogP contribution in [0.5, 0.6) is 0 Å². The zero-order chi connectivity index (χ0) is 13.0. The molecule has 0 spiro atoms. The summed E-state index contributed by atoms with van der Waals surface area (Å²) in [5.41, 5.74) is 1.27. The van der Waals surface area contributed by atoms with Crippen molar-refractivity contribution in [2.75, 3.05) is 6.54 Å². The summed E-state index contributed by atoms with van der Waals surface area (Å²) in [6.45, 7) is 5.55. The van der Waals surface area contributed by atoms with Crippen LogP contribution in [0.15, 0.2) is 24.3 Å². The number of nitrogens with one attached hydrogen (secondary N) is 1. The molecule has 0 bridgehead atoms. The average molecular weight is 249 g/mol. The molecular weight excluding hydrogens is 225 g/mol. The molecule has 0 saturated heterocycles. The van der Waals surface area contributed by atoms with Gasteiger partial charge >= 0.3 is 0 Å². The quantitative estimate of drug-likeness (QED) is 0.767. The van der Waals surface area contributed by atoms with Gasteiger partial charge in [0.25, 0.3) is 0 Å². The lowest BCUT2D eigenvalue weighted by Gasteiger charge is -2.19. The fraction of sp³-hybridized carbons (Fsp3) is 0.625. The van der Waals surface area contributed by atoms with Crippen LogP contribution in [-0.2, 0) is 0 Å². The molecule has 1 aliphatic carbocycles. The molecule has 1 N–H and O–H groups in total. The highest BCUT2D eigenvalue weighted by Crippen LogP contribution is 2.25. The molecule has 1 nitrogen and oxygen atoms in total. The Bertz CT molecular complexity index is 348. The van der Waals surface area contributed by atoms with E-state index in [9.17, 15) is 4.39 Å². The van der Waals surface area contributed by atoms with Gasteiger partial charge in [-0.05, 0) is 48.8 Å². The summed E-state index contributed by atoms with van der Waals surface area (Å²) in [7, 11) is 0. The predicted octanol–water partition coefficient (Wildman–Crippen LogP) is 4.10. The molecule has 1 aliphatic rings. The fourth-order valence-electron chi connectivity index (χ4n) is 2.25. The highest BCUT2D eigenvalue weighted by Gasteiger charge is 2.22. The molecule has 0 heterocycles. The van der Waals surface area contributed by atoms with Crippen LogP contribution in [0.3, 0.4) is 0 Å². The SMILES string of the molecule is CC(C)CCC(CNC1CC1)c1ccc(F)cc1. The Kier molecular flexibility index (Phi) is 4.76. The van der Waals surface area contributed by atoms with E-state index in [2.05, 4.69) is 19.2 Å². The van der Waals surface area contributed by atoms with Crippen LogP contribution >= 0.6 is 0 Å². The highest BCUT2D eigenvalue weighted by molar-refractivity contribution is 5.21. The number of rotatable bonds is 7. The summed E-state index contributed by atoms with van der Waals surface area (Å²) in [5, 5.41) is 3.60. The lowest BCUT2D eigenvalue weighted by Crippen LogP contribution is -2.23. The lowest BCUT2D eigenvalue weighted by atomic mass is 9.91. The second-order valence-electron chi connectivity index (χ2n) is 5.90. The second kappa shape index (κ2) is 6.33. The summed E-state index contributed by atoms with van der Waals surface area (Å²) in [5.74, 6) is 1.11. The Hall–Kier alpha value is -0.890. The average Bonchev–Trinajstić information content (AvgIpc) is 3.14. The van der Waals surface area contributed by atoms with Crippen molar-refractivity contribution >= 4 is 0 Å². The minimum atomic E-state index is -0.142. The normalized spacial score (nSPS) is 17.1. The van der Waals surface area contributed by atoms with Crippen molar-refractivity contribution in [1.29, 1.82) is 0 Å². The van der Waals surface area contributed by atoms with Gasteiger partial charge in [0.1, 0.15) is 5.82 Å². The lowest BCUT2D eigenvalue weighted by molar-refractivity contribution is 0.474. The van der Waals surface area contributed by atoms with E-state index in [4.69, 9.17) is 0 Å². The summed E-state index contributed by atoms with van der Waals surface area (Å²) < 4.78 is 13.0. The monoisotopic (exact) mass is 249 g/mol. The summed E-state index contributed by atoms with van der Waals surface area (Å²) in [6.07, 6.45) is 5.05. The largest absolute Gasteiger partial charge is 0.313 e. The second-order valence-corrected chi connectivity index (χ2v) is 5.90. The van der Waals surface area contributed by atoms with Crippen molar-refractivity contribution in [2.24, 2.45) is 5.92 Å². The molecule has 2 heteroatoms. The molecule has 0 aromatic heterocycles. The Balaban J connectivity index is 1.94. The molecule has 1 unspecified atom stereocenters. The van der Waals surface area contributed by atoms with E-state index < -0.39 is 0 Å². The van der Waals surface area contributed by atoms with Crippen LogP contribution in [0.25, 0.3) is 0 Å². The van der Waals surface area contributed by atoms with Crippen molar-refractivity contribution < 1.29 is 4.39 Å². The van der Waals surface area contributed by atoms with E-state index in [1.807, 2.05) is 12.1 Å². The van der Waals surface area contributed by atoms with Gasteiger partial charge in [0.2, 0.25) is 0 Å². The van der Waals surface area contributed by atoms with Crippen LogP contribution in [0.4, 0.5) is 4.39 Å². The topological polar surface area (TPSA) is 12.0 Å². The Morgan fingerprint density at radius 1 is 1.17 bits per heavy atom. The maximum atomic E-state index is 13.0. The molecule has 0 aliphatic heterocycles. The van der Waals surface area contributed by atoms with Crippen molar-refractivity contribution in [1.82, 2.24) is 5.32 Å². The van der Waals surface area contributed by atoms with E-state index in [1.54, 1.807) is 12.1 Å². The minimum Gasteiger partial charge on any atom is -0.313 e. The molecular formula is C16H24FN. The molecule has 1 aromatic rings. The van der Waals surface area contributed by atoms with Gasteiger partial charge in [-0.15, -0.1) is 0 Å². The van der Waals surface area contributed by atoms with Crippen molar-refractivity contribution in [2.45, 2.75) is 51.5 Å². The van der Waals surface area contributed by atoms with Crippen LogP contribution in [-0.4, -0.2) is 12.6 Å². The number of hydrogen-bond acceptors (Lipinski definition) is 1. The van der Waals surface area contributed by atoms with E-state index in [0.717, 1.165) is 18.5 Å². The van der Waals surface area contributed by atoms with E-state index in [1.165, 1.54) is 31.2 Å².